The van der Waals surface area contributed by atoms with E-state index in [9.17, 15) is 0 Å². The Morgan fingerprint density at radius 3 is 2.86 bits per heavy atom. The number of ether oxygens (including phenoxy) is 1. The summed E-state index contributed by atoms with van der Waals surface area (Å²) >= 11 is 6.23. The fraction of sp³-hybridized carbons (Fsp3) is 0.643. The number of hydrogen-bond donors (Lipinski definition) is 0. The molecule has 0 aromatic carbocycles. The molecule has 2 aromatic rings. The lowest BCUT2D eigenvalue weighted by molar-refractivity contribution is 0.116. The topological polar surface area (TPSA) is 56.1 Å². The molecular weight excluding hydrogens is 290 g/mol. The maximum atomic E-state index is 6.23. The molecule has 2 rings (SSSR count). The maximum Gasteiger partial charge on any atom is 0.162 e. The first-order valence-corrected chi connectivity index (χ1v) is 7.51. The van der Waals surface area contributed by atoms with Gasteiger partial charge < -0.3 is 4.74 Å². The molecule has 0 radical (unpaired) electrons. The molecule has 1 atom stereocenters. The maximum absolute atomic E-state index is 6.23. The Morgan fingerprint density at radius 2 is 2.19 bits per heavy atom. The molecule has 7 heteroatoms. The van der Waals surface area contributed by atoms with Crippen LogP contribution >= 0.6 is 11.6 Å². The molecule has 1 unspecified atom stereocenters. The fourth-order valence-electron chi connectivity index (χ4n) is 2.20. The first-order chi connectivity index (χ1) is 10.1. The van der Waals surface area contributed by atoms with Crippen molar-refractivity contribution in [2.75, 3.05) is 20.3 Å². The predicted molar refractivity (Wildman–Crippen MR) is 83.4 cm³/mol. The molecule has 0 fully saturated rings. The van der Waals surface area contributed by atoms with Crippen molar-refractivity contribution in [3.8, 4) is 0 Å². The van der Waals surface area contributed by atoms with E-state index in [1.807, 2.05) is 7.05 Å². The van der Waals surface area contributed by atoms with Gasteiger partial charge in [-0.05, 0) is 13.3 Å². The summed E-state index contributed by atoms with van der Waals surface area (Å²) in [6.45, 7) is 6.55. The monoisotopic (exact) mass is 311 g/mol. The first-order valence-electron chi connectivity index (χ1n) is 7.13. The molecule has 0 saturated carbocycles. The van der Waals surface area contributed by atoms with Crippen LogP contribution in [0.1, 0.15) is 26.1 Å². The van der Waals surface area contributed by atoms with Gasteiger partial charge in [-0.25, -0.2) is 9.97 Å². The van der Waals surface area contributed by atoms with Gasteiger partial charge >= 0.3 is 0 Å². The van der Waals surface area contributed by atoms with Crippen LogP contribution < -0.4 is 0 Å². The van der Waals surface area contributed by atoms with E-state index in [0.29, 0.717) is 30.2 Å². The van der Waals surface area contributed by atoms with Crippen molar-refractivity contribution in [2.45, 2.75) is 32.9 Å². The average Bonchev–Trinajstić information content (AvgIpc) is 2.85. The third-order valence-electron chi connectivity index (χ3n) is 3.73. The van der Waals surface area contributed by atoms with Gasteiger partial charge in [0.25, 0.3) is 0 Å². The van der Waals surface area contributed by atoms with Crippen LogP contribution in [-0.2, 0) is 18.3 Å². The number of rotatable bonds is 7. The summed E-state index contributed by atoms with van der Waals surface area (Å²) in [7, 11) is 3.57. The van der Waals surface area contributed by atoms with E-state index in [0.717, 1.165) is 24.0 Å². The first kappa shape index (κ1) is 16.1. The molecule has 6 nitrogen and oxygen atoms in total. The number of hydrogen-bond acceptors (Lipinski definition) is 5. The van der Waals surface area contributed by atoms with Crippen LogP contribution in [0.15, 0.2) is 6.20 Å². The van der Waals surface area contributed by atoms with Crippen molar-refractivity contribution >= 4 is 22.6 Å². The molecule has 0 aliphatic carbocycles. The summed E-state index contributed by atoms with van der Waals surface area (Å²) in [5.41, 5.74) is 0.765. The van der Waals surface area contributed by atoms with E-state index in [-0.39, 0.29) is 0 Å². The van der Waals surface area contributed by atoms with Crippen molar-refractivity contribution in [1.82, 2.24) is 24.6 Å². The van der Waals surface area contributed by atoms with Gasteiger partial charge in [0.15, 0.2) is 5.65 Å². The number of nitrogens with zero attached hydrogens (tertiary/aromatic N) is 5. The van der Waals surface area contributed by atoms with Gasteiger partial charge in [0, 0.05) is 26.7 Å². The molecule has 2 heterocycles. The zero-order valence-electron chi connectivity index (χ0n) is 13.0. The Kier molecular flexibility index (Phi) is 5.50. The number of methoxy groups -OCH3 is 1. The Morgan fingerprint density at radius 1 is 1.43 bits per heavy atom. The van der Waals surface area contributed by atoms with Crippen LogP contribution in [0.4, 0.5) is 0 Å². The van der Waals surface area contributed by atoms with Gasteiger partial charge in [-0.1, -0.05) is 18.5 Å². The van der Waals surface area contributed by atoms with E-state index in [2.05, 4.69) is 33.8 Å². The molecular formula is C14H22ClN5O. The Hall–Kier alpha value is -1.24. The van der Waals surface area contributed by atoms with Crippen molar-refractivity contribution in [3.05, 3.63) is 17.2 Å². The third-order valence-corrected chi connectivity index (χ3v) is 4.02. The number of aromatic nitrogens is 4. The van der Waals surface area contributed by atoms with Gasteiger partial charge in [-0.2, -0.15) is 5.10 Å². The number of halogens is 1. The Balaban J connectivity index is 2.25. The minimum absolute atomic E-state index is 0.435. The van der Waals surface area contributed by atoms with Crippen molar-refractivity contribution in [1.29, 1.82) is 0 Å². The molecule has 0 spiro atoms. The average molecular weight is 312 g/mol. The Bertz CT molecular complexity index is 600. The molecule has 2 aromatic heterocycles. The number of aryl methyl sites for hydroxylation is 1. The molecule has 0 aliphatic rings. The van der Waals surface area contributed by atoms with Crippen LogP contribution in [0, 0.1) is 0 Å². The van der Waals surface area contributed by atoms with Crippen LogP contribution in [0.3, 0.4) is 0 Å². The zero-order chi connectivity index (χ0) is 15.4. The highest BCUT2D eigenvalue weighted by Gasteiger charge is 2.16. The van der Waals surface area contributed by atoms with Crippen LogP contribution in [0.5, 0.6) is 0 Å². The zero-order valence-corrected chi connectivity index (χ0v) is 13.8. The van der Waals surface area contributed by atoms with Crippen molar-refractivity contribution in [3.63, 3.8) is 0 Å². The van der Waals surface area contributed by atoms with E-state index < -0.39 is 0 Å². The second-order valence-electron chi connectivity index (χ2n) is 5.16. The van der Waals surface area contributed by atoms with Crippen molar-refractivity contribution < 1.29 is 4.74 Å². The lowest BCUT2D eigenvalue weighted by Crippen LogP contribution is -2.35. The lowest BCUT2D eigenvalue weighted by Gasteiger charge is -2.27. The summed E-state index contributed by atoms with van der Waals surface area (Å²) in [5.74, 6) is 0.715. The smallest absolute Gasteiger partial charge is 0.162 e. The molecule has 116 valence electrons. The van der Waals surface area contributed by atoms with Gasteiger partial charge in [0.2, 0.25) is 0 Å². The minimum Gasteiger partial charge on any atom is -0.383 e. The second kappa shape index (κ2) is 7.15. The van der Waals surface area contributed by atoms with Crippen LogP contribution in [-0.4, -0.2) is 51.0 Å². The van der Waals surface area contributed by atoms with Gasteiger partial charge in [-0.15, -0.1) is 0 Å². The van der Waals surface area contributed by atoms with Crippen LogP contribution in [0.25, 0.3) is 11.0 Å². The van der Waals surface area contributed by atoms with E-state index >= 15 is 0 Å². The van der Waals surface area contributed by atoms with E-state index in [4.69, 9.17) is 16.3 Å². The lowest BCUT2D eigenvalue weighted by atomic mass is 10.2. The predicted octanol–water partition coefficient (Wildman–Crippen LogP) is 2.26. The summed E-state index contributed by atoms with van der Waals surface area (Å²) in [4.78, 5) is 11.3. The normalized spacial score (nSPS) is 13.2. The SMILES string of the molecule is CCC(C)N(CCOC)Cc1nc(Cl)c2cnn(C)c2n1. The second-order valence-corrected chi connectivity index (χ2v) is 5.51. The van der Waals surface area contributed by atoms with Crippen LogP contribution in [0.2, 0.25) is 5.15 Å². The molecule has 0 aliphatic heterocycles. The highest BCUT2D eigenvalue weighted by atomic mass is 35.5. The quantitative estimate of drug-likeness (QED) is 0.734. The van der Waals surface area contributed by atoms with Gasteiger partial charge in [0.05, 0.1) is 24.7 Å². The summed E-state index contributed by atoms with van der Waals surface area (Å²) < 4.78 is 6.90. The largest absolute Gasteiger partial charge is 0.383 e. The van der Waals surface area contributed by atoms with Gasteiger partial charge in [0.1, 0.15) is 11.0 Å². The van der Waals surface area contributed by atoms with Gasteiger partial charge in [-0.3, -0.25) is 9.58 Å². The van der Waals surface area contributed by atoms with E-state index in [1.54, 1.807) is 18.0 Å². The highest BCUT2D eigenvalue weighted by Crippen LogP contribution is 2.20. The third kappa shape index (κ3) is 3.70. The van der Waals surface area contributed by atoms with Crippen molar-refractivity contribution in [2.24, 2.45) is 7.05 Å². The molecule has 0 bridgehead atoms. The standard InChI is InChI=1S/C14H22ClN5O/c1-5-10(2)20(6-7-21-4)9-12-17-13(15)11-8-16-19(3)14(11)18-12/h8,10H,5-7,9H2,1-4H3. The molecule has 21 heavy (non-hydrogen) atoms. The Labute approximate surface area is 130 Å². The summed E-state index contributed by atoms with van der Waals surface area (Å²) in [6, 6.07) is 0.435. The molecule has 0 saturated heterocycles. The fourth-order valence-corrected chi connectivity index (χ4v) is 2.44. The summed E-state index contributed by atoms with van der Waals surface area (Å²) in [5, 5.41) is 5.42. The number of fused-ring (bicyclic) bond motifs is 1. The van der Waals surface area contributed by atoms with E-state index in [1.165, 1.54) is 0 Å². The highest BCUT2D eigenvalue weighted by molar-refractivity contribution is 6.33. The molecule has 0 amide bonds. The molecule has 0 N–H and O–H groups in total. The summed E-state index contributed by atoms with van der Waals surface area (Å²) in [6.07, 6.45) is 2.75. The minimum atomic E-state index is 0.435.